The van der Waals surface area contributed by atoms with Gasteiger partial charge in [0, 0.05) is 24.3 Å². The van der Waals surface area contributed by atoms with Crippen molar-refractivity contribution < 1.29 is 0 Å². The average molecular weight is 228 g/mol. The van der Waals surface area contributed by atoms with Gasteiger partial charge in [0.25, 0.3) is 0 Å². The Kier molecular flexibility index (Phi) is 2.94. The molecule has 1 aromatic rings. The number of benzene rings is 1. The summed E-state index contributed by atoms with van der Waals surface area (Å²) in [6.07, 6.45) is 3.78. The molecular weight excluding hydrogens is 215 g/mol. The van der Waals surface area contributed by atoms with Gasteiger partial charge < -0.3 is 0 Å². The molecule has 74 valence electrons. The Bertz CT molecular complexity index is 313. The molecule has 1 fully saturated rings. The number of rotatable bonds is 1. The molecule has 0 N–H and O–H groups in total. The normalized spacial score (nSPS) is 21.6. The van der Waals surface area contributed by atoms with Crippen LogP contribution in [0.2, 0.25) is 10.0 Å². The van der Waals surface area contributed by atoms with E-state index in [2.05, 4.69) is 6.92 Å². The van der Waals surface area contributed by atoms with Crippen LogP contribution in [0.15, 0.2) is 18.2 Å². The van der Waals surface area contributed by atoms with Crippen molar-refractivity contribution in [2.45, 2.75) is 26.2 Å². The highest BCUT2D eigenvalue weighted by Gasteiger charge is 2.31. The second-order valence-corrected chi connectivity index (χ2v) is 4.85. The van der Waals surface area contributed by atoms with Crippen LogP contribution in [0.5, 0.6) is 0 Å². The summed E-state index contributed by atoms with van der Waals surface area (Å²) in [5.74, 6) is 2.19. The first-order chi connectivity index (χ1) is 6.66. The van der Waals surface area contributed by atoms with Gasteiger partial charge in [-0.1, -0.05) is 23.2 Å². The minimum Gasteiger partial charge on any atom is -0.0682 e. The lowest BCUT2D eigenvalue weighted by atomic mass is 9.90. The third-order valence-electron chi connectivity index (χ3n) is 2.91. The Morgan fingerprint density at radius 3 is 2.36 bits per heavy atom. The maximum absolute atomic E-state index is 5.98. The molecule has 0 amide bonds. The molecule has 0 saturated heterocycles. The lowest BCUT2D eigenvalue weighted by Crippen LogP contribution is -2.02. The van der Waals surface area contributed by atoms with E-state index in [0.717, 1.165) is 10.0 Å². The predicted molar refractivity (Wildman–Crippen MR) is 61.8 cm³/mol. The van der Waals surface area contributed by atoms with Crippen molar-refractivity contribution in [3.63, 3.8) is 0 Å². The second-order valence-electron chi connectivity index (χ2n) is 3.98. The average Bonchev–Trinajstić information content (AvgIpc) is 2.49. The van der Waals surface area contributed by atoms with E-state index in [1.807, 2.05) is 12.1 Å². The van der Waals surface area contributed by atoms with Gasteiger partial charge in [0.1, 0.15) is 5.56 Å². The fourth-order valence-electron chi connectivity index (χ4n) is 2.19. The summed E-state index contributed by atoms with van der Waals surface area (Å²) in [5, 5.41) is 1.47. The molecule has 2 rings (SSSR count). The summed E-state index contributed by atoms with van der Waals surface area (Å²) in [6.45, 7) is 2.27. The summed E-state index contributed by atoms with van der Waals surface area (Å²) >= 11 is 12.0. The zero-order valence-corrected chi connectivity index (χ0v) is 9.70. The molecule has 0 aliphatic heterocycles. The van der Waals surface area contributed by atoms with Crippen LogP contribution in [0.1, 0.15) is 31.7 Å². The monoisotopic (exact) mass is 227 g/mol. The van der Waals surface area contributed by atoms with Crippen LogP contribution in [-0.2, 0) is 0 Å². The van der Waals surface area contributed by atoms with Gasteiger partial charge in [-0.3, -0.25) is 0 Å². The van der Waals surface area contributed by atoms with Gasteiger partial charge in [-0.15, -0.1) is 0 Å². The SMILES string of the molecule is CC1CCC[C+]1c1cc(Cl)cc(Cl)c1. The third-order valence-corrected chi connectivity index (χ3v) is 3.35. The molecule has 1 unspecified atom stereocenters. The highest BCUT2D eigenvalue weighted by atomic mass is 35.5. The fourth-order valence-corrected chi connectivity index (χ4v) is 2.71. The van der Waals surface area contributed by atoms with E-state index in [1.165, 1.54) is 30.7 Å². The maximum atomic E-state index is 5.98. The molecule has 2 heteroatoms. The molecule has 1 aliphatic rings. The van der Waals surface area contributed by atoms with Gasteiger partial charge in [-0.25, -0.2) is 0 Å². The molecule has 0 bridgehead atoms. The Hall–Kier alpha value is -0.330. The molecule has 0 heterocycles. The van der Waals surface area contributed by atoms with Crippen LogP contribution in [0.3, 0.4) is 0 Å². The first-order valence-electron chi connectivity index (χ1n) is 4.99. The van der Waals surface area contributed by atoms with Gasteiger partial charge in [-0.05, 0) is 19.8 Å². The topological polar surface area (TPSA) is 0 Å². The predicted octanol–water partition coefficient (Wildman–Crippen LogP) is 4.74. The van der Waals surface area contributed by atoms with E-state index in [1.54, 1.807) is 6.07 Å². The smallest absolute Gasteiger partial charge is 0.0682 e. The molecule has 0 spiro atoms. The van der Waals surface area contributed by atoms with Gasteiger partial charge in [-0.2, -0.15) is 0 Å². The van der Waals surface area contributed by atoms with Crippen molar-refractivity contribution in [3.8, 4) is 0 Å². The van der Waals surface area contributed by atoms with E-state index in [-0.39, 0.29) is 0 Å². The van der Waals surface area contributed by atoms with Crippen LogP contribution in [0.25, 0.3) is 0 Å². The molecule has 0 aromatic heterocycles. The summed E-state index contributed by atoms with van der Waals surface area (Å²) in [6, 6.07) is 5.82. The Labute approximate surface area is 95.2 Å². The molecule has 1 atom stereocenters. The Morgan fingerprint density at radius 2 is 1.86 bits per heavy atom. The quantitative estimate of drug-likeness (QED) is 0.609. The Balaban J connectivity index is 2.31. The number of hydrogen-bond donors (Lipinski definition) is 0. The minimum atomic E-state index is 0.685. The summed E-state index contributed by atoms with van der Waals surface area (Å²) in [7, 11) is 0. The van der Waals surface area contributed by atoms with E-state index in [0.29, 0.717) is 5.92 Å². The van der Waals surface area contributed by atoms with Crippen molar-refractivity contribution in [1.29, 1.82) is 0 Å². The highest BCUT2D eigenvalue weighted by molar-refractivity contribution is 6.34. The number of hydrogen-bond acceptors (Lipinski definition) is 0. The van der Waals surface area contributed by atoms with Gasteiger partial charge in [0.2, 0.25) is 0 Å². The summed E-state index contributed by atoms with van der Waals surface area (Å²) in [4.78, 5) is 0. The molecule has 0 radical (unpaired) electrons. The largest absolute Gasteiger partial charge is 0.136 e. The standard InChI is InChI=1S/C12H13Cl2/c1-8-3-2-4-12(8)9-5-10(13)7-11(14)6-9/h5-8H,2-4H2,1H3/q+1. The van der Waals surface area contributed by atoms with Crippen LogP contribution < -0.4 is 0 Å². The zero-order valence-electron chi connectivity index (χ0n) is 8.19. The van der Waals surface area contributed by atoms with Crippen LogP contribution >= 0.6 is 23.2 Å². The van der Waals surface area contributed by atoms with Gasteiger partial charge >= 0.3 is 0 Å². The van der Waals surface area contributed by atoms with Crippen LogP contribution in [0, 0.1) is 11.8 Å². The number of halogens is 2. The first kappa shape index (κ1) is 10.2. The highest BCUT2D eigenvalue weighted by Crippen LogP contribution is 2.39. The molecular formula is C12H13Cl2+. The zero-order chi connectivity index (χ0) is 10.1. The molecule has 1 aromatic carbocycles. The van der Waals surface area contributed by atoms with Crippen molar-refractivity contribution in [2.24, 2.45) is 5.92 Å². The minimum absolute atomic E-state index is 0.685. The van der Waals surface area contributed by atoms with Crippen molar-refractivity contribution >= 4 is 23.2 Å². The van der Waals surface area contributed by atoms with E-state index in [9.17, 15) is 0 Å². The van der Waals surface area contributed by atoms with Crippen molar-refractivity contribution in [2.75, 3.05) is 0 Å². The third kappa shape index (κ3) is 2.02. The molecule has 14 heavy (non-hydrogen) atoms. The van der Waals surface area contributed by atoms with Crippen LogP contribution in [-0.4, -0.2) is 0 Å². The van der Waals surface area contributed by atoms with Crippen molar-refractivity contribution in [1.82, 2.24) is 0 Å². The maximum Gasteiger partial charge on any atom is 0.136 e. The lowest BCUT2D eigenvalue weighted by molar-refractivity contribution is 0.657. The van der Waals surface area contributed by atoms with E-state index >= 15 is 0 Å². The van der Waals surface area contributed by atoms with Crippen molar-refractivity contribution in [3.05, 3.63) is 39.7 Å². The molecule has 1 aliphatic carbocycles. The summed E-state index contributed by atoms with van der Waals surface area (Å²) in [5.41, 5.74) is 1.23. The lowest BCUT2D eigenvalue weighted by Gasteiger charge is -2.08. The van der Waals surface area contributed by atoms with Gasteiger partial charge in [0.05, 0.1) is 22.2 Å². The Morgan fingerprint density at radius 1 is 1.21 bits per heavy atom. The second kappa shape index (κ2) is 4.04. The first-order valence-corrected chi connectivity index (χ1v) is 5.74. The molecule has 1 saturated carbocycles. The fraction of sp³-hybridized carbons (Fsp3) is 0.417. The summed E-state index contributed by atoms with van der Waals surface area (Å²) < 4.78 is 0. The van der Waals surface area contributed by atoms with E-state index < -0.39 is 0 Å². The van der Waals surface area contributed by atoms with Crippen LogP contribution in [0.4, 0.5) is 0 Å². The molecule has 0 nitrogen and oxygen atoms in total. The van der Waals surface area contributed by atoms with E-state index in [4.69, 9.17) is 23.2 Å². The van der Waals surface area contributed by atoms with Gasteiger partial charge in [0.15, 0.2) is 0 Å².